The predicted molar refractivity (Wildman–Crippen MR) is 117 cm³/mol. The van der Waals surface area contributed by atoms with E-state index in [0.29, 0.717) is 5.75 Å². The summed E-state index contributed by atoms with van der Waals surface area (Å²) in [5, 5.41) is 0.809. The van der Waals surface area contributed by atoms with E-state index >= 15 is 0 Å². The molecule has 1 aromatic heterocycles. The van der Waals surface area contributed by atoms with Crippen LogP contribution < -0.4 is 9.64 Å². The van der Waals surface area contributed by atoms with Gasteiger partial charge in [-0.2, -0.15) is 0 Å². The monoisotopic (exact) mass is 474 g/mol. The molecule has 1 fully saturated rings. The van der Waals surface area contributed by atoms with Crippen molar-refractivity contribution in [2.45, 2.75) is 6.54 Å². The number of furan rings is 1. The van der Waals surface area contributed by atoms with Crippen molar-refractivity contribution < 1.29 is 13.9 Å². The van der Waals surface area contributed by atoms with Crippen molar-refractivity contribution in [2.24, 2.45) is 0 Å². The molecule has 2 aromatic carbocycles. The zero-order valence-corrected chi connectivity index (χ0v) is 18.0. The van der Waals surface area contributed by atoms with Gasteiger partial charge in [-0.3, -0.25) is 4.90 Å². The molecule has 0 saturated carbocycles. The molecule has 0 aliphatic carbocycles. The van der Waals surface area contributed by atoms with Gasteiger partial charge in [0.15, 0.2) is 0 Å². The maximum absolute atomic E-state index is 12.1. The van der Waals surface area contributed by atoms with E-state index in [9.17, 15) is 4.79 Å². The molecule has 3 aromatic rings. The van der Waals surface area contributed by atoms with Crippen molar-refractivity contribution in [3.63, 3.8) is 0 Å². The molecule has 1 saturated heterocycles. The number of hydrogen-bond donors (Lipinski definition) is 0. The maximum atomic E-state index is 12.1. The second kappa shape index (κ2) is 9.03. The number of piperazine rings is 1. The number of nitrogens with zero attached hydrogens (tertiary/aromatic N) is 2. The summed E-state index contributed by atoms with van der Waals surface area (Å²) in [5.41, 5.74) is 2.16. The SMILES string of the molecule is O=C(Oc1ccc(Br)c(N2CCN(Cc3ccccc3Cl)CC2)c1)c1ccco1. The molecule has 0 bridgehead atoms. The van der Waals surface area contributed by atoms with Crippen LogP contribution in [0.4, 0.5) is 5.69 Å². The molecule has 0 spiro atoms. The first-order chi connectivity index (χ1) is 14.1. The van der Waals surface area contributed by atoms with Crippen LogP contribution in [0.3, 0.4) is 0 Å². The third-order valence-electron chi connectivity index (χ3n) is 4.92. The molecule has 0 atom stereocenters. The summed E-state index contributed by atoms with van der Waals surface area (Å²) >= 11 is 9.91. The summed E-state index contributed by atoms with van der Waals surface area (Å²) in [6, 6.07) is 16.8. The van der Waals surface area contributed by atoms with Gasteiger partial charge in [0.1, 0.15) is 5.75 Å². The summed E-state index contributed by atoms with van der Waals surface area (Å²) in [6.45, 7) is 4.44. The molecule has 4 rings (SSSR count). The van der Waals surface area contributed by atoms with Crippen LogP contribution in [0.25, 0.3) is 0 Å². The van der Waals surface area contributed by atoms with E-state index in [1.165, 1.54) is 6.26 Å². The van der Waals surface area contributed by atoms with Crippen LogP contribution in [0.5, 0.6) is 5.75 Å². The number of anilines is 1. The lowest BCUT2D eigenvalue weighted by Crippen LogP contribution is -2.46. The van der Waals surface area contributed by atoms with E-state index in [4.69, 9.17) is 20.8 Å². The number of hydrogen-bond acceptors (Lipinski definition) is 5. The zero-order valence-electron chi connectivity index (χ0n) is 15.7. The molecule has 0 N–H and O–H groups in total. The number of halogens is 2. The summed E-state index contributed by atoms with van der Waals surface area (Å²) in [6.07, 6.45) is 1.45. The van der Waals surface area contributed by atoms with Crippen LogP contribution in [0, 0.1) is 0 Å². The minimum Gasteiger partial charge on any atom is -0.457 e. The highest BCUT2D eigenvalue weighted by Crippen LogP contribution is 2.32. The molecule has 2 heterocycles. The van der Waals surface area contributed by atoms with Crippen LogP contribution in [-0.4, -0.2) is 37.0 Å². The van der Waals surface area contributed by atoms with Crippen LogP contribution in [0.1, 0.15) is 16.1 Å². The Morgan fingerprint density at radius 3 is 2.59 bits per heavy atom. The number of ether oxygens (including phenoxy) is 1. The lowest BCUT2D eigenvalue weighted by molar-refractivity contribution is 0.0701. The van der Waals surface area contributed by atoms with E-state index in [1.54, 1.807) is 18.2 Å². The Kier molecular flexibility index (Phi) is 6.23. The molecule has 7 heteroatoms. The fourth-order valence-electron chi connectivity index (χ4n) is 3.36. The summed E-state index contributed by atoms with van der Waals surface area (Å²) in [5.74, 6) is 0.165. The number of carbonyl (C=O) groups excluding carboxylic acids is 1. The Labute approximate surface area is 182 Å². The molecule has 0 unspecified atom stereocenters. The fourth-order valence-corrected chi connectivity index (χ4v) is 4.06. The fraction of sp³-hybridized carbons (Fsp3) is 0.227. The van der Waals surface area contributed by atoms with Gasteiger partial charge in [-0.1, -0.05) is 29.8 Å². The van der Waals surface area contributed by atoms with Gasteiger partial charge in [-0.05, 0) is 51.8 Å². The van der Waals surface area contributed by atoms with Gasteiger partial charge >= 0.3 is 5.97 Å². The van der Waals surface area contributed by atoms with E-state index in [2.05, 4.69) is 31.8 Å². The largest absolute Gasteiger partial charge is 0.457 e. The maximum Gasteiger partial charge on any atom is 0.379 e. The Bertz CT molecular complexity index is 985. The first-order valence-corrected chi connectivity index (χ1v) is 10.5. The van der Waals surface area contributed by atoms with Crippen molar-refractivity contribution in [2.75, 3.05) is 31.1 Å². The van der Waals surface area contributed by atoms with E-state index < -0.39 is 5.97 Å². The third kappa shape index (κ3) is 4.83. The molecular formula is C22H20BrClN2O3. The molecule has 1 aliphatic rings. The van der Waals surface area contributed by atoms with Crippen molar-refractivity contribution in [3.8, 4) is 5.75 Å². The summed E-state index contributed by atoms with van der Waals surface area (Å²) < 4.78 is 11.5. The second-order valence-corrected chi connectivity index (χ2v) is 8.10. The van der Waals surface area contributed by atoms with Crippen molar-refractivity contribution in [1.82, 2.24) is 4.90 Å². The van der Waals surface area contributed by atoms with Gasteiger partial charge in [-0.15, -0.1) is 0 Å². The van der Waals surface area contributed by atoms with Crippen molar-refractivity contribution >= 4 is 39.2 Å². The lowest BCUT2D eigenvalue weighted by atomic mass is 10.2. The Morgan fingerprint density at radius 1 is 1.07 bits per heavy atom. The lowest BCUT2D eigenvalue weighted by Gasteiger charge is -2.36. The van der Waals surface area contributed by atoms with E-state index in [1.807, 2.05) is 30.3 Å². The van der Waals surface area contributed by atoms with Crippen molar-refractivity contribution in [1.29, 1.82) is 0 Å². The average Bonchev–Trinajstić information content (AvgIpc) is 3.27. The van der Waals surface area contributed by atoms with Crippen LogP contribution in [0.15, 0.2) is 69.8 Å². The van der Waals surface area contributed by atoms with Crippen LogP contribution >= 0.6 is 27.5 Å². The highest BCUT2D eigenvalue weighted by Gasteiger charge is 2.21. The first-order valence-electron chi connectivity index (χ1n) is 9.36. The molecule has 1 aliphatic heterocycles. The molecule has 150 valence electrons. The number of benzene rings is 2. The van der Waals surface area contributed by atoms with Gasteiger partial charge in [0.2, 0.25) is 5.76 Å². The van der Waals surface area contributed by atoms with Gasteiger partial charge < -0.3 is 14.1 Å². The molecule has 5 nitrogen and oxygen atoms in total. The number of carbonyl (C=O) groups is 1. The molecule has 29 heavy (non-hydrogen) atoms. The summed E-state index contributed by atoms with van der Waals surface area (Å²) in [7, 11) is 0. The normalized spacial score (nSPS) is 14.8. The molecule has 0 amide bonds. The average molecular weight is 476 g/mol. The minimum absolute atomic E-state index is 0.183. The van der Waals surface area contributed by atoms with E-state index in [0.717, 1.165) is 53.5 Å². The topological polar surface area (TPSA) is 45.9 Å². The zero-order chi connectivity index (χ0) is 20.2. The summed E-state index contributed by atoms with van der Waals surface area (Å²) in [4.78, 5) is 16.8. The second-order valence-electron chi connectivity index (χ2n) is 6.83. The minimum atomic E-state index is -0.507. The van der Waals surface area contributed by atoms with Gasteiger partial charge in [0, 0.05) is 48.3 Å². The van der Waals surface area contributed by atoms with E-state index in [-0.39, 0.29) is 5.76 Å². The highest BCUT2D eigenvalue weighted by molar-refractivity contribution is 9.10. The Morgan fingerprint density at radius 2 is 1.86 bits per heavy atom. The first kappa shape index (κ1) is 20.0. The third-order valence-corrected chi connectivity index (χ3v) is 5.95. The van der Waals surface area contributed by atoms with Crippen LogP contribution in [-0.2, 0) is 6.54 Å². The highest BCUT2D eigenvalue weighted by atomic mass is 79.9. The quantitative estimate of drug-likeness (QED) is 0.373. The van der Waals surface area contributed by atoms with Crippen LogP contribution in [0.2, 0.25) is 5.02 Å². The standard InChI is InChI=1S/C22H20BrClN2O3/c23-18-8-7-17(29-22(27)21-6-3-13-28-21)14-20(18)26-11-9-25(10-12-26)15-16-4-1-2-5-19(16)24/h1-8,13-14H,9-12,15H2. The number of esters is 1. The van der Waals surface area contributed by atoms with Crippen molar-refractivity contribution in [3.05, 3.63) is 81.7 Å². The van der Waals surface area contributed by atoms with Gasteiger partial charge in [-0.25, -0.2) is 4.79 Å². The predicted octanol–water partition coefficient (Wildman–Crippen LogP) is 5.24. The smallest absolute Gasteiger partial charge is 0.379 e. The Hall–Kier alpha value is -2.28. The molecule has 0 radical (unpaired) electrons. The number of rotatable bonds is 5. The molecular weight excluding hydrogens is 456 g/mol. The van der Waals surface area contributed by atoms with Gasteiger partial charge in [0.25, 0.3) is 0 Å². The Balaban J connectivity index is 1.40. The van der Waals surface area contributed by atoms with Gasteiger partial charge in [0.05, 0.1) is 12.0 Å².